The lowest BCUT2D eigenvalue weighted by molar-refractivity contribution is -0.122. The zero-order valence-electron chi connectivity index (χ0n) is 12.3. The molecule has 1 atom stereocenters. The van der Waals surface area contributed by atoms with Gasteiger partial charge in [0.1, 0.15) is 0 Å². The first-order chi connectivity index (χ1) is 8.63. The maximum Gasteiger partial charge on any atom is 0.221 e. The monoisotopic (exact) mass is 254 g/mol. The van der Waals surface area contributed by atoms with E-state index in [1.165, 1.54) is 32.1 Å². The number of rotatable bonds is 7. The maximum atomic E-state index is 11.9. The molecular formula is C15H30N2O. The lowest BCUT2D eigenvalue weighted by Gasteiger charge is -2.30. The molecular weight excluding hydrogens is 224 g/mol. The molecule has 1 fully saturated rings. The Balaban J connectivity index is 2.26. The van der Waals surface area contributed by atoms with Crippen LogP contribution in [0.25, 0.3) is 0 Å². The summed E-state index contributed by atoms with van der Waals surface area (Å²) < 4.78 is 0. The molecule has 1 saturated carbocycles. The fourth-order valence-corrected chi connectivity index (χ4v) is 2.84. The van der Waals surface area contributed by atoms with Crippen LogP contribution in [0.15, 0.2) is 0 Å². The van der Waals surface area contributed by atoms with E-state index in [0.717, 1.165) is 13.0 Å². The van der Waals surface area contributed by atoms with Crippen molar-refractivity contribution in [2.75, 3.05) is 6.54 Å². The molecule has 3 nitrogen and oxygen atoms in total. The highest BCUT2D eigenvalue weighted by Crippen LogP contribution is 2.27. The Morgan fingerprint density at radius 3 is 2.44 bits per heavy atom. The molecule has 18 heavy (non-hydrogen) atoms. The molecule has 1 unspecified atom stereocenters. The molecule has 0 aromatic rings. The third kappa shape index (κ3) is 5.85. The van der Waals surface area contributed by atoms with Crippen LogP contribution < -0.4 is 10.6 Å². The Kier molecular flexibility index (Phi) is 7.33. The minimum absolute atomic E-state index is 0.209. The van der Waals surface area contributed by atoms with Crippen molar-refractivity contribution in [3.8, 4) is 0 Å². The first-order valence-electron chi connectivity index (χ1n) is 7.66. The van der Waals surface area contributed by atoms with Crippen LogP contribution in [0.4, 0.5) is 0 Å². The van der Waals surface area contributed by atoms with Crippen LogP contribution >= 0.6 is 0 Å². The average molecular weight is 254 g/mol. The predicted octanol–water partition coefficient (Wildman–Crippen LogP) is 2.85. The van der Waals surface area contributed by atoms with Gasteiger partial charge in [0.05, 0.1) is 0 Å². The first kappa shape index (κ1) is 15.5. The summed E-state index contributed by atoms with van der Waals surface area (Å²) in [4.78, 5) is 11.9. The van der Waals surface area contributed by atoms with Crippen LogP contribution in [-0.2, 0) is 4.79 Å². The van der Waals surface area contributed by atoms with E-state index in [1.807, 2.05) is 0 Å². The number of hydrogen-bond acceptors (Lipinski definition) is 2. The minimum atomic E-state index is 0.209. The van der Waals surface area contributed by atoms with Gasteiger partial charge in [-0.15, -0.1) is 0 Å². The molecule has 1 rings (SSSR count). The summed E-state index contributed by atoms with van der Waals surface area (Å²) >= 11 is 0. The van der Waals surface area contributed by atoms with Crippen molar-refractivity contribution in [2.24, 2.45) is 5.92 Å². The summed E-state index contributed by atoms with van der Waals surface area (Å²) in [7, 11) is 0. The van der Waals surface area contributed by atoms with Crippen molar-refractivity contribution >= 4 is 5.91 Å². The van der Waals surface area contributed by atoms with Crippen molar-refractivity contribution in [1.29, 1.82) is 0 Å². The van der Waals surface area contributed by atoms with Gasteiger partial charge in [-0.25, -0.2) is 0 Å². The zero-order valence-corrected chi connectivity index (χ0v) is 12.3. The molecule has 1 aliphatic rings. The fraction of sp³-hybridized carbons (Fsp3) is 0.933. The normalized spacial score (nSPS) is 18.9. The summed E-state index contributed by atoms with van der Waals surface area (Å²) in [6, 6.07) is 0.856. The Morgan fingerprint density at radius 1 is 1.22 bits per heavy atom. The SMILES string of the molecule is CCC(NC(=O)CCNC(C)C)C1CCCCC1. The highest BCUT2D eigenvalue weighted by molar-refractivity contribution is 5.76. The summed E-state index contributed by atoms with van der Waals surface area (Å²) in [5, 5.41) is 6.52. The predicted molar refractivity (Wildman–Crippen MR) is 76.6 cm³/mol. The number of carbonyl (C=O) groups is 1. The molecule has 0 aromatic carbocycles. The van der Waals surface area contributed by atoms with Gasteiger partial charge < -0.3 is 10.6 Å². The fourth-order valence-electron chi connectivity index (χ4n) is 2.84. The van der Waals surface area contributed by atoms with Gasteiger partial charge in [-0.05, 0) is 25.2 Å². The number of nitrogens with one attached hydrogen (secondary N) is 2. The largest absolute Gasteiger partial charge is 0.353 e. The van der Waals surface area contributed by atoms with Crippen molar-refractivity contribution in [3.63, 3.8) is 0 Å². The number of carbonyl (C=O) groups excluding carboxylic acids is 1. The summed E-state index contributed by atoms with van der Waals surface area (Å²) in [5.74, 6) is 0.923. The zero-order chi connectivity index (χ0) is 13.4. The minimum Gasteiger partial charge on any atom is -0.353 e. The molecule has 2 N–H and O–H groups in total. The van der Waals surface area contributed by atoms with Gasteiger partial charge in [-0.3, -0.25) is 4.79 Å². The average Bonchev–Trinajstić information content (AvgIpc) is 2.36. The first-order valence-corrected chi connectivity index (χ1v) is 7.66. The van der Waals surface area contributed by atoms with E-state index in [2.05, 4.69) is 31.4 Å². The quantitative estimate of drug-likeness (QED) is 0.733. The lowest BCUT2D eigenvalue weighted by Crippen LogP contribution is -2.41. The van der Waals surface area contributed by atoms with E-state index in [4.69, 9.17) is 0 Å². The van der Waals surface area contributed by atoms with Crippen LogP contribution in [0, 0.1) is 5.92 Å². The third-order valence-electron chi connectivity index (χ3n) is 3.91. The van der Waals surface area contributed by atoms with Crippen molar-refractivity contribution in [1.82, 2.24) is 10.6 Å². The molecule has 3 heteroatoms. The van der Waals surface area contributed by atoms with E-state index < -0.39 is 0 Å². The lowest BCUT2D eigenvalue weighted by atomic mass is 9.83. The standard InChI is InChI=1S/C15H30N2O/c1-4-14(13-8-6-5-7-9-13)17-15(18)10-11-16-12(2)3/h12-14,16H,4-11H2,1-3H3,(H,17,18). The smallest absolute Gasteiger partial charge is 0.221 e. The van der Waals surface area contributed by atoms with Gasteiger partial charge in [-0.1, -0.05) is 40.0 Å². The Bertz CT molecular complexity index is 235. The van der Waals surface area contributed by atoms with Gasteiger partial charge in [-0.2, -0.15) is 0 Å². The second kappa shape index (κ2) is 8.52. The van der Waals surface area contributed by atoms with E-state index in [0.29, 0.717) is 24.4 Å². The second-order valence-corrected chi connectivity index (χ2v) is 5.84. The molecule has 0 heterocycles. The highest BCUT2D eigenvalue weighted by atomic mass is 16.1. The highest BCUT2D eigenvalue weighted by Gasteiger charge is 2.23. The van der Waals surface area contributed by atoms with Crippen LogP contribution in [0.2, 0.25) is 0 Å². The molecule has 0 radical (unpaired) electrons. The molecule has 1 amide bonds. The molecule has 0 aliphatic heterocycles. The van der Waals surface area contributed by atoms with E-state index in [-0.39, 0.29) is 5.91 Å². The summed E-state index contributed by atoms with van der Waals surface area (Å²) in [5.41, 5.74) is 0. The van der Waals surface area contributed by atoms with Crippen molar-refractivity contribution in [3.05, 3.63) is 0 Å². The molecule has 0 spiro atoms. The molecule has 106 valence electrons. The Morgan fingerprint density at radius 2 is 1.89 bits per heavy atom. The molecule has 0 aromatic heterocycles. The van der Waals surface area contributed by atoms with Gasteiger partial charge in [0.25, 0.3) is 0 Å². The van der Waals surface area contributed by atoms with Crippen molar-refractivity contribution in [2.45, 2.75) is 77.8 Å². The third-order valence-corrected chi connectivity index (χ3v) is 3.91. The van der Waals surface area contributed by atoms with Gasteiger partial charge in [0, 0.05) is 25.0 Å². The van der Waals surface area contributed by atoms with Gasteiger partial charge in [0.2, 0.25) is 5.91 Å². The Hall–Kier alpha value is -0.570. The van der Waals surface area contributed by atoms with Crippen LogP contribution in [-0.4, -0.2) is 24.5 Å². The van der Waals surface area contributed by atoms with Crippen molar-refractivity contribution < 1.29 is 4.79 Å². The molecule has 0 bridgehead atoms. The maximum absolute atomic E-state index is 11.9. The van der Waals surface area contributed by atoms with Crippen LogP contribution in [0.1, 0.15) is 65.7 Å². The number of hydrogen-bond donors (Lipinski definition) is 2. The van der Waals surface area contributed by atoms with E-state index in [1.54, 1.807) is 0 Å². The molecule has 0 saturated heterocycles. The summed E-state index contributed by atoms with van der Waals surface area (Å²) in [6.07, 6.45) is 8.30. The van der Waals surface area contributed by atoms with Gasteiger partial charge in [0.15, 0.2) is 0 Å². The second-order valence-electron chi connectivity index (χ2n) is 5.84. The van der Waals surface area contributed by atoms with Crippen LogP contribution in [0.5, 0.6) is 0 Å². The number of amides is 1. The topological polar surface area (TPSA) is 41.1 Å². The Labute approximate surface area is 112 Å². The summed E-state index contributed by atoms with van der Waals surface area (Å²) in [6.45, 7) is 7.18. The molecule has 1 aliphatic carbocycles. The van der Waals surface area contributed by atoms with Gasteiger partial charge >= 0.3 is 0 Å². The van der Waals surface area contributed by atoms with Crippen LogP contribution in [0.3, 0.4) is 0 Å². The van der Waals surface area contributed by atoms with E-state index >= 15 is 0 Å². The van der Waals surface area contributed by atoms with E-state index in [9.17, 15) is 4.79 Å².